The molecule has 0 bridgehead atoms. The SMILES string of the molecule is Cl.O=C(Nc1ccccc1-c1nc2ccncc2s1)c1cc(NCc2cccnc2)nc(-c2ccccc2)n1. The number of thiazole rings is 1. The molecule has 0 spiro atoms. The van der Waals surface area contributed by atoms with Gasteiger partial charge in [0.05, 0.1) is 15.9 Å². The van der Waals surface area contributed by atoms with E-state index in [4.69, 9.17) is 4.98 Å². The Labute approximate surface area is 234 Å². The van der Waals surface area contributed by atoms with Crippen LogP contribution in [0.25, 0.3) is 32.2 Å². The first kappa shape index (κ1) is 25.9. The van der Waals surface area contributed by atoms with Gasteiger partial charge in [0.25, 0.3) is 5.91 Å². The van der Waals surface area contributed by atoms with Crippen molar-refractivity contribution in [3.63, 3.8) is 0 Å². The van der Waals surface area contributed by atoms with Crippen LogP contribution in [0.2, 0.25) is 0 Å². The molecule has 4 heterocycles. The number of benzene rings is 2. The molecule has 2 aromatic carbocycles. The third-order valence-corrected chi connectivity index (χ3v) is 6.82. The molecule has 0 radical (unpaired) electrons. The summed E-state index contributed by atoms with van der Waals surface area (Å²) in [6.07, 6.45) is 7.03. The largest absolute Gasteiger partial charge is 0.366 e. The lowest BCUT2D eigenvalue weighted by atomic mass is 10.1. The average molecular weight is 552 g/mol. The van der Waals surface area contributed by atoms with Gasteiger partial charge in [-0.05, 0) is 29.8 Å². The maximum absolute atomic E-state index is 13.5. The Hall–Kier alpha value is -4.73. The van der Waals surface area contributed by atoms with Crippen LogP contribution in [0.1, 0.15) is 16.1 Å². The minimum atomic E-state index is -0.343. The molecule has 0 atom stereocenters. The van der Waals surface area contributed by atoms with E-state index in [9.17, 15) is 4.79 Å². The lowest BCUT2D eigenvalue weighted by molar-refractivity contribution is 0.102. The molecule has 0 aliphatic rings. The van der Waals surface area contributed by atoms with Crippen molar-refractivity contribution in [2.45, 2.75) is 6.54 Å². The second-order valence-corrected chi connectivity index (χ2v) is 9.44. The van der Waals surface area contributed by atoms with Crippen molar-refractivity contribution in [3.05, 3.63) is 115 Å². The van der Waals surface area contributed by atoms with Gasteiger partial charge < -0.3 is 10.6 Å². The summed E-state index contributed by atoms with van der Waals surface area (Å²) in [6.45, 7) is 0.509. The van der Waals surface area contributed by atoms with E-state index in [-0.39, 0.29) is 24.0 Å². The van der Waals surface area contributed by atoms with Crippen molar-refractivity contribution in [1.82, 2.24) is 24.9 Å². The van der Waals surface area contributed by atoms with Gasteiger partial charge in [0.2, 0.25) is 0 Å². The molecule has 0 fully saturated rings. The number of pyridine rings is 2. The summed E-state index contributed by atoms with van der Waals surface area (Å²) >= 11 is 1.53. The van der Waals surface area contributed by atoms with Crippen molar-refractivity contribution < 1.29 is 4.79 Å². The number of rotatable bonds is 7. The molecule has 0 aliphatic heterocycles. The number of aromatic nitrogens is 5. The Bertz CT molecular complexity index is 1700. The molecule has 0 saturated heterocycles. The van der Waals surface area contributed by atoms with Crippen molar-refractivity contribution in [1.29, 1.82) is 0 Å². The number of nitrogens with one attached hydrogen (secondary N) is 2. The number of halogens is 1. The monoisotopic (exact) mass is 551 g/mol. The molecular formula is C29H22ClN7OS. The quantitative estimate of drug-likeness (QED) is 0.233. The molecule has 6 rings (SSSR count). The summed E-state index contributed by atoms with van der Waals surface area (Å²) in [5.41, 5.74) is 4.40. The molecule has 39 heavy (non-hydrogen) atoms. The topological polar surface area (TPSA) is 106 Å². The number of hydrogen-bond acceptors (Lipinski definition) is 8. The number of nitrogens with zero attached hydrogens (tertiary/aromatic N) is 5. The Morgan fingerprint density at radius 1 is 0.821 bits per heavy atom. The van der Waals surface area contributed by atoms with Gasteiger partial charge in [-0.3, -0.25) is 14.8 Å². The third-order valence-electron chi connectivity index (χ3n) is 5.78. The summed E-state index contributed by atoms with van der Waals surface area (Å²) in [6, 6.07) is 24.6. The Balaban J connectivity index is 0.00000308. The lowest BCUT2D eigenvalue weighted by Crippen LogP contribution is -2.16. The lowest BCUT2D eigenvalue weighted by Gasteiger charge is -2.12. The van der Waals surface area contributed by atoms with Gasteiger partial charge in [0.1, 0.15) is 16.5 Å². The smallest absolute Gasteiger partial charge is 0.274 e. The number of hydrogen-bond donors (Lipinski definition) is 2. The molecule has 1 amide bonds. The first-order chi connectivity index (χ1) is 18.7. The van der Waals surface area contributed by atoms with E-state index in [0.717, 1.165) is 31.9 Å². The fourth-order valence-electron chi connectivity index (χ4n) is 3.93. The van der Waals surface area contributed by atoms with Crippen LogP contribution in [0.4, 0.5) is 11.5 Å². The predicted molar refractivity (Wildman–Crippen MR) is 157 cm³/mol. The van der Waals surface area contributed by atoms with Crippen molar-refractivity contribution in [3.8, 4) is 22.0 Å². The van der Waals surface area contributed by atoms with Crippen LogP contribution in [0.3, 0.4) is 0 Å². The fraction of sp³-hybridized carbons (Fsp3) is 0.0345. The highest BCUT2D eigenvalue weighted by atomic mass is 35.5. The van der Waals surface area contributed by atoms with E-state index >= 15 is 0 Å². The molecule has 4 aromatic heterocycles. The number of carbonyl (C=O) groups is 1. The number of carbonyl (C=O) groups excluding carboxylic acids is 1. The molecule has 192 valence electrons. The van der Waals surface area contributed by atoms with Crippen molar-refractivity contribution in [2.75, 3.05) is 10.6 Å². The molecule has 0 aliphatic carbocycles. The van der Waals surface area contributed by atoms with Crippen molar-refractivity contribution in [2.24, 2.45) is 0 Å². The second kappa shape index (κ2) is 11.8. The van der Waals surface area contributed by atoms with Gasteiger partial charge in [0, 0.05) is 48.5 Å². The van der Waals surface area contributed by atoms with Crippen LogP contribution < -0.4 is 10.6 Å². The number of para-hydroxylation sites is 1. The maximum Gasteiger partial charge on any atom is 0.274 e. The van der Waals surface area contributed by atoms with Crippen LogP contribution in [0.5, 0.6) is 0 Å². The second-order valence-electron chi connectivity index (χ2n) is 8.41. The van der Waals surface area contributed by atoms with Crippen LogP contribution in [-0.4, -0.2) is 30.8 Å². The summed E-state index contributed by atoms with van der Waals surface area (Å²) < 4.78 is 0.983. The van der Waals surface area contributed by atoms with E-state index < -0.39 is 0 Å². The van der Waals surface area contributed by atoms with Gasteiger partial charge in [-0.2, -0.15) is 0 Å². The van der Waals surface area contributed by atoms with E-state index in [2.05, 4.69) is 30.6 Å². The minimum Gasteiger partial charge on any atom is -0.366 e. The highest BCUT2D eigenvalue weighted by Gasteiger charge is 2.17. The first-order valence-corrected chi connectivity index (χ1v) is 12.7. The molecule has 0 saturated carbocycles. The van der Waals surface area contributed by atoms with Crippen molar-refractivity contribution >= 4 is 51.4 Å². The third kappa shape index (κ3) is 5.90. The van der Waals surface area contributed by atoms with Crippen LogP contribution in [0.15, 0.2) is 104 Å². The average Bonchev–Trinajstić information content (AvgIpc) is 3.41. The first-order valence-electron chi connectivity index (χ1n) is 11.9. The zero-order chi connectivity index (χ0) is 25.7. The number of amides is 1. The van der Waals surface area contributed by atoms with Gasteiger partial charge in [0.15, 0.2) is 5.82 Å². The Kier molecular flexibility index (Phi) is 7.81. The number of anilines is 2. The summed E-state index contributed by atoms with van der Waals surface area (Å²) in [4.78, 5) is 35.8. The Morgan fingerprint density at radius 3 is 2.46 bits per heavy atom. The normalized spacial score (nSPS) is 10.6. The minimum absolute atomic E-state index is 0. The van der Waals surface area contributed by atoms with Crippen LogP contribution in [-0.2, 0) is 6.54 Å². The summed E-state index contributed by atoms with van der Waals surface area (Å²) in [7, 11) is 0. The molecule has 2 N–H and O–H groups in total. The van der Waals surface area contributed by atoms with Gasteiger partial charge in [-0.15, -0.1) is 23.7 Å². The summed E-state index contributed by atoms with van der Waals surface area (Å²) in [5.74, 6) is 0.656. The number of fused-ring (bicyclic) bond motifs is 1. The molecule has 6 aromatic rings. The van der Waals surface area contributed by atoms with E-state index in [1.807, 2.05) is 72.8 Å². The van der Waals surface area contributed by atoms with Crippen LogP contribution in [0, 0.1) is 0 Å². The molecule has 8 nitrogen and oxygen atoms in total. The fourth-order valence-corrected chi connectivity index (χ4v) is 4.90. The van der Waals surface area contributed by atoms with Gasteiger partial charge >= 0.3 is 0 Å². The van der Waals surface area contributed by atoms with Crippen LogP contribution >= 0.6 is 23.7 Å². The van der Waals surface area contributed by atoms with Gasteiger partial charge in [-0.25, -0.2) is 15.0 Å². The van der Waals surface area contributed by atoms with E-state index in [1.165, 1.54) is 11.3 Å². The molecule has 10 heteroatoms. The highest BCUT2D eigenvalue weighted by molar-refractivity contribution is 7.21. The predicted octanol–water partition coefficient (Wildman–Crippen LogP) is 6.50. The van der Waals surface area contributed by atoms with E-state index in [1.54, 1.807) is 30.9 Å². The maximum atomic E-state index is 13.5. The Morgan fingerprint density at radius 2 is 1.64 bits per heavy atom. The molecule has 0 unspecified atom stereocenters. The zero-order valence-electron chi connectivity index (χ0n) is 20.5. The van der Waals surface area contributed by atoms with E-state index in [0.29, 0.717) is 23.9 Å². The zero-order valence-corrected chi connectivity index (χ0v) is 22.1. The molecular weight excluding hydrogens is 530 g/mol. The standard InChI is InChI=1S/C29H21N7OS.ClH/c37-28(34-22-11-5-4-10-21(22)29-35-23-12-14-31-18-25(23)38-29)24-15-26(32-17-19-7-6-13-30-16-19)36-27(33-24)20-8-2-1-3-9-20;/h1-16,18H,17H2,(H,34,37)(H,32,33,36);1H. The summed E-state index contributed by atoms with van der Waals surface area (Å²) in [5, 5.41) is 7.13. The van der Waals surface area contributed by atoms with Gasteiger partial charge in [-0.1, -0.05) is 48.5 Å². The highest BCUT2D eigenvalue weighted by Crippen LogP contribution is 2.34.